The molecule has 4 heterocycles. The number of H-pyrrole nitrogens is 1. The Morgan fingerprint density at radius 1 is 1.05 bits per heavy atom. The molecule has 0 aliphatic carbocycles. The van der Waals surface area contributed by atoms with Gasteiger partial charge in [-0.05, 0) is 48.9 Å². The third-order valence-electron chi connectivity index (χ3n) is 6.32. The summed E-state index contributed by atoms with van der Waals surface area (Å²) in [5.74, 6) is -0.0531. The number of aromatic nitrogens is 7. The Morgan fingerprint density at radius 3 is 2.69 bits per heavy atom. The third kappa shape index (κ3) is 4.31. The van der Waals surface area contributed by atoms with Gasteiger partial charge in [-0.25, -0.2) is 14.5 Å². The summed E-state index contributed by atoms with van der Waals surface area (Å²) in [6.45, 7) is 1.77. The van der Waals surface area contributed by atoms with E-state index in [9.17, 15) is 9.59 Å². The van der Waals surface area contributed by atoms with Gasteiger partial charge in [0.05, 0.1) is 28.3 Å². The average Bonchev–Trinajstić information content (AvgIpc) is 3.59. The number of hydrogen-bond donors (Lipinski definition) is 3. The molecule has 0 saturated carbocycles. The molecule has 0 aliphatic rings. The van der Waals surface area contributed by atoms with Crippen LogP contribution < -0.4 is 16.6 Å². The van der Waals surface area contributed by atoms with Crippen molar-refractivity contribution in [3.8, 4) is 5.69 Å². The third-order valence-corrected chi connectivity index (χ3v) is 6.32. The van der Waals surface area contributed by atoms with Crippen molar-refractivity contribution in [2.24, 2.45) is 0 Å². The molecule has 0 unspecified atom stereocenters. The normalized spacial score (nSPS) is 12.3. The standard InChI is InChI=1S/C28H23N9O2/c1-17(32-27(38)23-24(29)35-36-16-6-14-30-26(23)36)25-33-21-10-5-7-18(11-12-19-13-15-31-34-19)22(21)28(39)37(25)20-8-3-2-4-9-20/h2-17H,1H3,(H2,29,35)(H,31,34)(H,32,38)/b12-11+/t17-/m1/s1. The molecule has 1 amide bonds. The molecule has 0 bridgehead atoms. The van der Waals surface area contributed by atoms with E-state index in [0.717, 1.165) is 5.69 Å². The van der Waals surface area contributed by atoms with Gasteiger partial charge in [-0.1, -0.05) is 36.4 Å². The number of rotatable bonds is 6. The fraction of sp³-hybridized carbons (Fsp3) is 0.0714. The number of aromatic amines is 1. The first-order valence-electron chi connectivity index (χ1n) is 12.2. The monoisotopic (exact) mass is 517 g/mol. The molecule has 2 aromatic carbocycles. The maximum Gasteiger partial charge on any atom is 0.266 e. The van der Waals surface area contributed by atoms with E-state index in [2.05, 4.69) is 25.6 Å². The molecule has 0 radical (unpaired) electrons. The topological polar surface area (TPSA) is 149 Å². The zero-order chi connectivity index (χ0) is 26.9. The second kappa shape index (κ2) is 9.71. The van der Waals surface area contributed by atoms with Crippen LogP contribution in [-0.4, -0.2) is 40.3 Å². The van der Waals surface area contributed by atoms with Crippen LogP contribution in [0.4, 0.5) is 5.82 Å². The van der Waals surface area contributed by atoms with Crippen LogP contribution in [0.5, 0.6) is 0 Å². The predicted octanol–water partition coefficient (Wildman–Crippen LogP) is 3.40. The second-order valence-corrected chi connectivity index (χ2v) is 8.88. The molecule has 11 nitrogen and oxygen atoms in total. The molecule has 0 aliphatic heterocycles. The number of fused-ring (bicyclic) bond motifs is 2. The largest absolute Gasteiger partial charge is 0.381 e. The van der Waals surface area contributed by atoms with Gasteiger partial charge in [0.1, 0.15) is 11.4 Å². The van der Waals surface area contributed by atoms with Gasteiger partial charge >= 0.3 is 0 Å². The predicted molar refractivity (Wildman–Crippen MR) is 148 cm³/mol. The quantitative estimate of drug-likeness (QED) is 0.307. The minimum atomic E-state index is -0.669. The number of nitrogen functional groups attached to an aromatic ring is 1. The van der Waals surface area contributed by atoms with Crippen molar-refractivity contribution >= 4 is 40.4 Å². The summed E-state index contributed by atoms with van der Waals surface area (Å²) in [5.41, 5.74) is 8.92. The van der Waals surface area contributed by atoms with Gasteiger partial charge in [0.2, 0.25) is 0 Å². The smallest absolute Gasteiger partial charge is 0.266 e. The van der Waals surface area contributed by atoms with Gasteiger partial charge in [-0.2, -0.15) is 5.10 Å². The molecule has 192 valence electrons. The Hall–Kier alpha value is -5.58. The number of amides is 1. The summed E-state index contributed by atoms with van der Waals surface area (Å²) < 4.78 is 2.97. The van der Waals surface area contributed by atoms with E-state index >= 15 is 0 Å². The van der Waals surface area contributed by atoms with Crippen LogP contribution in [-0.2, 0) is 0 Å². The van der Waals surface area contributed by atoms with Gasteiger partial charge in [0.25, 0.3) is 11.5 Å². The Morgan fingerprint density at radius 2 is 1.90 bits per heavy atom. The minimum Gasteiger partial charge on any atom is -0.381 e. The molecule has 4 aromatic heterocycles. The van der Waals surface area contributed by atoms with Crippen molar-refractivity contribution in [3.05, 3.63) is 112 Å². The van der Waals surface area contributed by atoms with Gasteiger partial charge in [0.15, 0.2) is 11.5 Å². The Labute approximate surface area is 221 Å². The number of nitrogens with zero attached hydrogens (tertiary/aromatic N) is 6. The summed E-state index contributed by atoms with van der Waals surface area (Å²) in [4.78, 5) is 36.6. The van der Waals surface area contributed by atoms with Crippen LogP contribution in [0.2, 0.25) is 0 Å². The van der Waals surface area contributed by atoms with Crippen molar-refractivity contribution in [1.29, 1.82) is 0 Å². The van der Waals surface area contributed by atoms with Crippen LogP contribution in [0.25, 0.3) is 34.4 Å². The van der Waals surface area contributed by atoms with E-state index in [1.54, 1.807) is 37.6 Å². The summed E-state index contributed by atoms with van der Waals surface area (Å²) in [6, 6.07) is 17.5. The first kappa shape index (κ1) is 23.8. The fourth-order valence-electron chi connectivity index (χ4n) is 4.52. The zero-order valence-electron chi connectivity index (χ0n) is 20.8. The van der Waals surface area contributed by atoms with E-state index in [-0.39, 0.29) is 16.9 Å². The molecule has 6 aromatic rings. The number of nitrogens with two attached hydrogens (primary N) is 1. The fourth-order valence-corrected chi connectivity index (χ4v) is 4.52. The van der Waals surface area contributed by atoms with Gasteiger partial charge < -0.3 is 11.1 Å². The maximum absolute atomic E-state index is 14.1. The summed E-state index contributed by atoms with van der Waals surface area (Å²) in [7, 11) is 0. The zero-order valence-corrected chi connectivity index (χ0v) is 20.8. The lowest BCUT2D eigenvalue weighted by molar-refractivity contribution is 0.0940. The van der Waals surface area contributed by atoms with E-state index in [1.165, 1.54) is 9.08 Å². The molecular weight excluding hydrogens is 494 g/mol. The van der Waals surface area contributed by atoms with Gasteiger partial charge in [-0.15, -0.1) is 5.10 Å². The lowest BCUT2D eigenvalue weighted by atomic mass is 10.1. The van der Waals surface area contributed by atoms with Crippen LogP contribution in [0.3, 0.4) is 0 Å². The molecule has 11 heteroatoms. The maximum atomic E-state index is 14.1. The van der Waals surface area contributed by atoms with Gasteiger partial charge in [-0.3, -0.25) is 19.3 Å². The SMILES string of the molecule is C[C@@H](NC(=O)c1c(N)nn2cccnc12)c1nc2cccc(/C=C/c3ccn[nH]3)c2c(=O)n1-c1ccccc1. The van der Waals surface area contributed by atoms with Crippen LogP contribution in [0.1, 0.15) is 40.4 Å². The summed E-state index contributed by atoms with van der Waals surface area (Å²) >= 11 is 0. The summed E-state index contributed by atoms with van der Waals surface area (Å²) in [6.07, 6.45) is 8.58. The Kier molecular flexibility index (Phi) is 5.92. The van der Waals surface area contributed by atoms with E-state index in [1.807, 2.05) is 60.7 Å². The molecule has 39 heavy (non-hydrogen) atoms. The number of nitrogens with one attached hydrogen (secondary N) is 2. The van der Waals surface area contributed by atoms with E-state index in [4.69, 9.17) is 10.7 Å². The molecule has 0 fully saturated rings. The first-order valence-corrected chi connectivity index (χ1v) is 12.2. The van der Waals surface area contributed by atoms with Crippen LogP contribution in [0.15, 0.2) is 84.0 Å². The van der Waals surface area contributed by atoms with Crippen LogP contribution >= 0.6 is 0 Å². The molecule has 1 atom stereocenters. The number of benzene rings is 2. The molecule has 0 spiro atoms. The van der Waals surface area contributed by atoms with E-state index < -0.39 is 11.9 Å². The Balaban J connectivity index is 1.47. The Bertz CT molecular complexity index is 1910. The summed E-state index contributed by atoms with van der Waals surface area (Å²) in [5, 5.41) is 14.4. The molecule has 6 rings (SSSR count). The van der Waals surface area contributed by atoms with Crippen LogP contribution in [0, 0.1) is 0 Å². The highest BCUT2D eigenvalue weighted by atomic mass is 16.2. The molecule has 4 N–H and O–H groups in total. The lowest BCUT2D eigenvalue weighted by Crippen LogP contribution is -2.33. The highest BCUT2D eigenvalue weighted by molar-refractivity contribution is 6.04. The second-order valence-electron chi connectivity index (χ2n) is 8.88. The number of carbonyl (C=O) groups excluding carboxylic acids is 1. The first-order chi connectivity index (χ1) is 19.0. The van der Waals surface area contributed by atoms with Gasteiger partial charge in [0, 0.05) is 18.6 Å². The van der Waals surface area contributed by atoms with Crippen molar-refractivity contribution in [1.82, 2.24) is 39.7 Å². The van der Waals surface area contributed by atoms with Crippen molar-refractivity contribution in [2.45, 2.75) is 13.0 Å². The number of anilines is 1. The average molecular weight is 518 g/mol. The molecule has 0 saturated heterocycles. The van der Waals surface area contributed by atoms with E-state index in [0.29, 0.717) is 33.6 Å². The van der Waals surface area contributed by atoms with Crippen molar-refractivity contribution in [2.75, 3.05) is 5.73 Å². The van der Waals surface area contributed by atoms with Crippen molar-refractivity contribution < 1.29 is 4.79 Å². The van der Waals surface area contributed by atoms with Crippen molar-refractivity contribution in [3.63, 3.8) is 0 Å². The molecular formula is C28H23N9O2. The minimum absolute atomic E-state index is 0.0546. The highest BCUT2D eigenvalue weighted by Gasteiger charge is 2.24. The highest BCUT2D eigenvalue weighted by Crippen LogP contribution is 2.23. The number of hydrogen-bond acceptors (Lipinski definition) is 7. The lowest BCUT2D eigenvalue weighted by Gasteiger charge is -2.20. The number of para-hydroxylation sites is 1. The number of carbonyl (C=O) groups is 1.